The minimum atomic E-state index is -0.829. The van der Waals surface area contributed by atoms with Crippen molar-refractivity contribution in [3.63, 3.8) is 0 Å². The molecule has 0 aromatic rings. The van der Waals surface area contributed by atoms with Crippen LogP contribution in [0.2, 0.25) is 0 Å². The third kappa shape index (κ3) is 10.7. The standard InChI is InChI=1S/C4H6O2.Cu/c1-2-3-4(5)6;/h2H,1,3H2,(H,5,6);. The SMILES string of the molecule is C=CCC(=O)O.[Cu]. The largest absolute Gasteiger partial charge is 0.481 e. The average molecular weight is 150 g/mol. The van der Waals surface area contributed by atoms with Gasteiger partial charge in [-0.1, -0.05) is 6.08 Å². The molecule has 1 radical (unpaired) electrons. The molecule has 0 bridgehead atoms. The fourth-order valence-corrected chi connectivity index (χ4v) is 0.123. The predicted molar refractivity (Wildman–Crippen MR) is 22.4 cm³/mol. The molecule has 2 nitrogen and oxygen atoms in total. The zero-order valence-electron chi connectivity index (χ0n) is 3.65. The minimum absolute atomic E-state index is 0. The maximum atomic E-state index is 9.53. The Morgan fingerprint density at radius 1 is 1.86 bits per heavy atom. The topological polar surface area (TPSA) is 37.3 Å². The molecule has 0 amide bonds. The quantitative estimate of drug-likeness (QED) is 0.462. The summed E-state index contributed by atoms with van der Waals surface area (Å²) < 4.78 is 0. The van der Waals surface area contributed by atoms with Gasteiger partial charge in [-0.2, -0.15) is 0 Å². The van der Waals surface area contributed by atoms with Gasteiger partial charge in [0.15, 0.2) is 0 Å². The van der Waals surface area contributed by atoms with E-state index in [9.17, 15) is 4.79 Å². The Morgan fingerprint density at radius 2 is 2.29 bits per heavy atom. The molecule has 0 aromatic carbocycles. The van der Waals surface area contributed by atoms with Crippen molar-refractivity contribution in [2.75, 3.05) is 0 Å². The summed E-state index contributed by atoms with van der Waals surface area (Å²) in [6.45, 7) is 3.22. The van der Waals surface area contributed by atoms with E-state index in [2.05, 4.69) is 6.58 Å². The first-order valence-electron chi connectivity index (χ1n) is 1.60. The summed E-state index contributed by atoms with van der Waals surface area (Å²) >= 11 is 0. The van der Waals surface area contributed by atoms with E-state index in [-0.39, 0.29) is 23.5 Å². The Morgan fingerprint density at radius 3 is 2.29 bits per heavy atom. The Balaban J connectivity index is 0. The molecular weight excluding hydrogens is 144 g/mol. The first-order valence-corrected chi connectivity index (χ1v) is 1.60. The fourth-order valence-electron chi connectivity index (χ4n) is 0.123. The molecule has 0 atom stereocenters. The van der Waals surface area contributed by atoms with Crippen molar-refractivity contribution in [2.24, 2.45) is 0 Å². The van der Waals surface area contributed by atoms with Crippen molar-refractivity contribution in [1.82, 2.24) is 0 Å². The van der Waals surface area contributed by atoms with Crippen molar-refractivity contribution < 1.29 is 27.0 Å². The first kappa shape index (κ1) is 9.88. The molecule has 0 heterocycles. The normalized spacial score (nSPS) is 6.29. The summed E-state index contributed by atoms with van der Waals surface area (Å²) in [6, 6.07) is 0. The minimum Gasteiger partial charge on any atom is -0.481 e. The van der Waals surface area contributed by atoms with Gasteiger partial charge in [-0.25, -0.2) is 0 Å². The zero-order chi connectivity index (χ0) is 4.99. The Hall–Kier alpha value is -0.271. The average Bonchev–Trinajstić information content (AvgIpc) is 1.35. The smallest absolute Gasteiger partial charge is 0.307 e. The molecule has 0 unspecified atom stereocenters. The van der Waals surface area contributed by atoms with Crippen LogP contribution in [-0.4, -0.2) is 11.1 Å². The van der Waals surface area contributed by atoms with Gasteiger partial charge in [0.2, 0.25) is 0 Å². The second-order valence-electron chi connectivity index (χ2n) is 0.887. The molecule has 0 spiro atoms. The molecule has 0 saturated heterocycles. The summed E-state index contributed by atoms with van der Waals surface area (Å²) in [7, 11) is 0. The van der Waals surface area contributed by atoms with Gasteiger partial charge in [-0.05, 0) is 0 Å². The Kier molecular flexibility index (Phi) is 8.08. The van der Waals surface area contributed by atoms with Gasteiger partial charge in [0.25, 0.3) is 0 Å². The van der Waals surface area contributed by atoms with Crippen LogP contribution in [0, 0.1) is 0 Å². The van der Waals surface area contributed by atoms with Gasteiger partial charge >= 0.3 is 5.97 Å². The van der Waals surface area contributed by atoms with E-state index >= 15 is 0 Å². The Labute approximate surface area is 52.7 Å². The monoisotopic (exact) mass is 149 g/mol. The van der Waals surface area contributed by atoms with Gasteiger partial charge in [0.1, 0.15) is 0 Å². The van der Waals surface area contributed by atoms with Crippen LogP contribution in [0.15, 0.2) is 12.7 Å². The number of carbonyl (C=O) groups is 1. The number of aliphatic carboxylic acids is 1. The van der Waals surface area contributed by atoms with E-state index in [1.807, 2.05) is 0 Å². The summed E-state index contributed by atoms with van der Waals surface area (Å²) in [4.78, 5) is 9.53. The third-order valence-corrected chi connectivity index (χ3v) is 0.319. The molecule has 0 aliphatic heterocycles. The van der Waals surface area contributed by atoms with Gasteiger partial charge in [0, 0.05) is 17.1 Å². The summed E-state index contributed by atoms with van der Waals surface area (Å²) in [5, 5.41) is 7.84. The molecule has 3 heteroatoms. The van der Waals surface area contributed by atoms with Crippen LogP contribution in [0.5, 0.6) is 0 Å². The first-order chi connectivity index (χ1) is 2.77. The van der Waals surface area contributed by atoms with E-state index in [4.69, 9.17) is 5.11 Å². The van der Waals surface area contributed by atoms with E-state index < -0.39 is 5.97 Å². The van der Waals surface area contributed by atoms with Crippen LogP contribution in [-0.2, 0) is 21.9 Å². The van der Waals surface area contributed by atoms with Gasteiger partial charge in [-0.3, -0.25) is 4.79 Å². The molecule has 0 aliphatic carbocycles. The molecule has 0 rings (SSSR count). The molecular formula is C4H6CuO2. The second-order valence-corrected chi connectivity index (χ2v) is 0.887. The summed E-state index contributed by atoms with van der Waals surface area (Å²) in [6.07, 6.45) is 1.41. The number of hydrogen-bond donors (Lipinski definition) is 1. The number of hydrogen-bond acceptors (Lipinski definition) is 1. The van der Waals surface area contributed by atoms with Crippen LogP contribution < -0.4 is 0 Å². The molecule has 0 aliphatic rings. The Bertz CT molecular complexity index is 70.1. The molecule has 0 aromatic heterocycles. The number of carboxylic acid groups (broad SMARTS) is 1. The van der Waals surface area contributed by atoms with Crippen LogP contribution in [0.3, 0.4) is 0 Å². The van der Waals surface area contributed by atoms with Crippen LogP contribution in [0.1, 0.15) is 6.42 Å². The van der Waals surface area contributed by atoms with E-state index in [1.54, 1.807) is 0 Å². The third-order valence-electron chi connectivity index (χ3n) is 0.319. The van der Waals surface area contributed by atoms with Crippen molar-refractivity contribution >= 4 is 5.97 Å². The van der Waals surface area contributed by atoms with Crippen molar-refractivity contribution in [3.8, 4) is 0 Å². The predicted octanol–water partition coefficient (Wildman–Crippen LogP) is 0.645. The molecule has 45 valence electrons. The summed E-state index contributed by atoms with van der Waals surface area (Å²) in [5.41, 5.74) is 0. The summed E-state index contributed by atoms with van der Waals surface area (Å²) in [5.74, 6) is -0.829. The van der Waals surface area contributed by atoms with Gasteiger partial charge in [-0.15, -0.1) is 6.58 Å². The second kappa shape index (κ2) is 5.73. The van der Waals surface area contributed by atoms with Crippen molar-refractivity contribution in [1.29, 1.82) is 0 Å². The van der Waals surface area contributed by atoms with Gasteiger partial charge in [0.05, 0.1) is 6.42 Å². The fraction of sp³-hybridized carbons (Fsp3) is 0.250. The number of carboxylic acids is 1. The maximum absolute atomic E-state index is 9.53. The van der Waals surface area contributed by atoms with Crippen LogP contribution in [0.4, 0.5) is 0 Å². The molecule has 1 N–H and O–H groups in total. The van der Waals surface area contributed by atoms with Crippen molar-refractivity contribution in [2.45, 2.75) is 6.42 Å². The zero-order valence-corrected chi connectivity index (χ0v) is 4.59. The van der Waals surface area contributed by atoms with Gasteiger partial charge < -0.3 is 5.11 Å². The molecule has 0 fully saturated rings. The van der Waals surface area contributed by atoms with Crippen LogP contribution in [0.25, 0.3) is 0 Å². The maximum Gasteiger partial charge on any atom is 0.307 e. The van der Waals surface area contributed by atoms with E-state index in [0.717, 1.165) is 0 Å². The van der Waals surface area contributed by atoms with E-state index in [0.29, 0.717) is 0 Å². The van der Waals surface area contributed by atoms with Crippen LogP contribution >= 0.6 is 0 Å². The molecule has 7 heavy (non-hydrogen) atoms. The number of rotatable bonds is 2. The van der Waals surface area contributed by atoms with E-state index in [1.165, 1.54) is 6.08 Å². The van der Waals surface area contributed by atoms with Crippen molar-refractivity contribution in [3.05, 3.63) is 12.7 Å². The molecule has 0 saturated carbocycles.